The Bertz CT molecular complexity index is 361. The fourth-order valence-corrected chi connectivity index (χ4v) is 1.82. The number of phenols is 1. The Morgan fingerprint density at radius 1 is 1.50 bits per heavy atom. The third-order valence-corrected chi connectivity index (χ3v) is 2.62. The Labute approximate surface area is 83.5 Å². The molecule has 3 nitrogen and oxygen atoms in total. The third kappa shape index (κ3) is 1.24. The molecule has 0 saturated carbocycles. The van der Waals surface area contributed by atoms with E-state index in [1.54, 1.807) is 0 Å². The van der Waals surface area contributed by atoms with Gasteiger partial charge in [0, 0.05) is 0 Å². The molecule has 0 saturated heterocycles. The van der Waals surface area contributed by atoms with E-state index in [2.05, 4.69) is 0 Å². The summed E-state index contributed by atoms with van der Waals surface area (Å²) in [5, 5.41) is 9.99. The van der Waals surface area contributed by atoms with E-state index in [0.717, 1.165) is 16.9 Å². The lowest BCUT2D eigenvalue weighted by molar-refractivity contribution is 0.333. The minimum absolute atomic E-state index is 0.191. The van der Waals surface area contributed by atoms with Crippen LogP contribution in [0.4, 0.5) is 0 Å². The second-order valence-corrected chi connectivity index (χ2v) is 3.99. The van der Waals surface area contributed by atoms with E-state index in [9.17, 15) is 5.11 Å². The molecule has 0 amide bonds. The van der Waals surface area contributed by atoms with Crippen molar-refractivity contribution in [2.75, 3.05) is 6.61 Å². The fraction of sp³-hybridized carbons (Fsp3) is 0.455. The van der Waals surface area contributed by atoms with Gasteiger partial charge in [0.15, 0.2) is 0 Å². The molecule has 0 radical (unpaired) electrons. The molecule has 0 spiro atoms. The number of benzene rings is 1. The first kappa shape index (κ1) is 9.34. The van der Waals surface area contributed by atoms with Gasteiger partial charge in [0.2, 0.25) is 0 Å². The summed E-state index contributed by atoms with van der Waals surface area (Å²) in [6.07, 6.45) is 0. The van der Waals surface area contributed by atoms with Crippen LogP contribution in [0.2, 0.25) is 0 Å². The molecule has 0 unspecified atom stereocenters. The quantitative estimate of drug-likeness (QED) is 0.716. The van der Waals surface area contributed by atoms with Gasteiger partial charge in [-0.15, -0.1) is 0 Å². The lowest BCUT2D eigenvalue weighted by atomic mass is 9.96. The van der Waals surface area contributed by atoms with Crippen LogP contribution in [0.3, 0.4) is 0 Å². The fourth-order valence-electron chi connectivity index (χ4n) is 1.82. The summed E-state index contributed by atoms with van der Waals surface area (Å²) < 4.78 is 5.34. The zero-order valence-electron chi connectivity index (χ0n) is 8.45. The van der Waals surface area contributed by atoms with Crippen molar-refractivity contribution >= 4 is 0 Å². The van der Waals surface area contributed by atoms with Crippen molar-refractivity contribution in [2.24, 2.45) is 5.73 Å². The van der Waals surface area contributed by atoms with Crippen molar-refractivity contribution in [1.82, 2.24) is 0 Å². The van der Waals surface area contributed by atoms with Crippen LogP contribution in [0.5, 0.6) is 11.5 Å². The molecule has 1 atom stereocenters. The Kier molecular flexibility index (Phi) is 2.11. The summed E-state index contributed by atoms with van der Waals surface area (Å²) in [5.74, 6) is 1.33. The van der Waals surface area contributed by atoms with Crippen LogP contribution in [0.25, 0.3) is 0 Å². The molecule has 1 heterocycles. The third-order valence-electron chi connectivity index (χ3n) is 2.62. The second-order valence-electron chi connectivity index (χ2n) is 3.99. The smallest absolute Gasteiger partial charge is 0.128 e. The zero-order valence-corrected chi connectivity index (χ0v) is 8.45. The highest BCUT2D eigenvalue weighted by Crippen LogP contribution is 2.41. The molecule has 14 heavy (non-hydrogen) atoms. The summed E-state index contributed by atoms with van der Waals surface area (Å²) in [6.45, 7) is 4.55. The van der Waals surface area contributed by atoms with E-state index in [1.165, 1.54) is 0 Å². The summed E-state index contributed by atoms with van der Waals surface area (Å²) >= 11 is 0. The molecule has 0 aliphatic carbocycles. The molecule has 1 aromatic rings. The summed E-state index contributed by atoms with van der Waals surface area (Å²) in [4.78, 5) is 0. The normalized spacial score (nSPS) is 19.6. The molecular formula is C11H15NO2. The van der Waals surface area contributed by atoms with Crippen molar-refractivity contribution in [3.63, 3.8) is 0 Å². The lowest BCUT2D eigenvalue weighted by Gasteiger charge is -2.12. The number of rotatable bonds is 1. The minimum atomic E-state index is -0.191. The Morgan fingerprint density at radius 2 is 2.21 bits per heavy atom. The van der Waals surface area contributed by atoms with Gasteiger partial charge in [-0.3, -0.25) is 0 Å². The summed E-state index contributed by atoms with van der Waals surface area (Å²) in [5.41, 5.74) is 7.53. The molecule has 3 N–H and O–H groups in total. The van der Waals surface area contributed by atoms with Gasteiger partial charge in [-0.2, -0.15) is 0 Å². The van der Waals surface area contributed by atoms with E-state index in [0.29, 0.717) is 18.3 Å². The Morgan fingerprint density at radius 3 is 2.86 bits per heavy atom. The van der Waals surface area contributed by atoms with Crippen LogP contribution >= 0.6 is 0 Å². The molecule has 2 rings (SSSR count). The van der Waals surface area contributed by atoms with Crippen LogP contribution in [-0.4, -0.2) is 11.7 Å². The van der Waals surface area contributed by atoms with Gasteiger partial charge in [0.25, 0.3) is 0 Å². The number of aromatic hydroxyl groups is 1. The first-order chi connectivity index (χ1) is 6.61. The van der Waals surface area contributed by atoms with Crippen LogP contribution in [-0.2, 0) is 0 Å². The lowest BCUT2D eigenvalue weighted by Crippen LogP contribution is -2.11. The summed E-state index contributed by atoms with van der Waals surface area (Å²) in [7, 11) is 0. The van der Waals surface area contributed by atoms with Gasteiger partial charge in [-0.05, 0) is 17.5 Å². The number of fused-ring (bicyclic) bond motifs is 1. The van der Waals surface area contributed by atoms with Gasteiger partial charge < -0.3 is 15.6 Å². The number of hydrogen-bond donors (Lipinski definition) is 2. The maximum absolute atomic E-state index is 9.99. The van der Waals surface area contributed by atoms with Gasteiger partial charge in [0.05, 0.1) is 11.6 Å². The van der Waals surface area contributed by atoms with Gasteiger partial charge in [0.1, 0.15) is 18.1 Å². The molecule has 0 bridgehead atoms. The number of nitrogens with two attached hydrogens (primary N) is 1. The Balaban J connectivity index is 2.56. The highest BCUT2D eigenvalue weighted by molar-refractivity contribution is 5.53. The standard InChI is InChI=1S/C11H15NO2/c1-6(2)7-3-4-9-10(11(7)13)8(12)5-14-9/h3-4,6,8,13H,5,12H2,1-2H3/t8-/m0/s1. The predicted molar refractivity (Wildman–Crippen MR) is 54.6 cm³/mol. The number of ether oxygens (including phenoxy) is 1. The van der Waals surface area contributed by atoms with Crippen LogP contribution < -0.4 is 10.5 Å². The second kappa shape index (κ2) is 3.17. The first-order valence-corrected chi connectivity index (χ1v) is 4.85. The number of phenolic OH excluding ortho intramolecular Hbond substituents is 1. The van der Waals surface area contributed by atoms with E-state index in [-0.39, 0.29) is 6.04 Å². The molecule has 1 aromatic carbocycles. The van der Waals surface area contributed by atoms with Crippen molar-refractivity contribution < 1.29 is 9.84 Å². The maximum Gasteiger partial charge on any atom is 0.128 e. The van der Waals surface area contributed by atoms with Gasteiger partial charge in [-0.1, -0.05) is 19.9 Å². The molecular weight excluding hydrogens is 178 g/mol. The van der Waals surface area contributed by atoms with Crippen LogP contribution in [0.15, 0.2) is 12.1 Å². The predicted octanol–water partition coefficient (Wildman–Crippen LogP) is 1.91. The van der Waals surface area contributed by atoms with Crippen molar-refractivity contribution in [3.05, 3.63) is 23.3 Å². The molecule has 76 valence electrons. The topological polar surface area (TPSA) is 55.5 Å². The summed E-state index contributed by atoms with van der Waals surface area (Å²) in [6, 6.07) is 3.59. The average Bonchev–Trinajstić information content (AvgIpc) is 2.48. The van der Waals surface area contributed by atoms with E-state index < -0.39 is 0 Å². The molecule has 1 aliphatic heterocycles. The van der Waals surface area contributed by atoms with Crippen molar-refractivity contribution in [2.45, 2.75) is 25.8 Å². The minimum Gasteiger partial charge on any atom is -0.507 e. The molecule has 0 aromatic heterocycles. The largest absolute Gasteiger partial charge is 0.507 e. The zero-order chi connectivity index (χ0) is 10.3. The van der Waals surface area contributed by atoms with E-state index in [1.807, 2.05) is 26.0 Å². The highest BCUT2D eigenvalue weighted by Gasteiger charge is 2.26. The van der Waals surface area contributed by atoms with Crippen molar-refractivity contribution in [1.29, 1.82) is 0 Å². The molecule has 0 fully saturated rings. The molecule has 3 heteroatoms. The maximum atomic E-state index is 9.99. The Hall–Kier alpha value is -1.22. The number of hydrogen-bond acceptors (Lipinski definition) is 3. The van der Waals surface area contributed by atoms with Gasteiger partial charge in [-0.25, -0.2) is 0 Å². The van der Waals surface area contributed by atoms with Crippen molar-refractivity contribution in [3.8, 4) is 11.5 Å². The van der Waals surface area contributed by atoms with Gasteiger partial charge >= 0.3 is 0 Å². The van der Waals surface area contributed by atoms with E-state index >= 15 is 0 Å². The SMILES string of the molecule is CC(C)c1ccc2c(c1O)[C@@H](N)CO2. The average molecular weight is 193 g/mol. The highest BCUT2D eigenvalue weighted by atomic mass is 16.5. The molecule has 1 aliphatic rings. The first-order valence-electron chi connectivity index (χ1n) is 4.85. The monoisotopic (exact) mass is 193 g/mol. The van der Waals surface area contributed by atoms with Crippen LogP contribution in [0, 0.1) is 0 Å². The van der Waals surface area contributed by atoms with E-state index in [4.69, 9.17) is 10.5 Å². The van der Waals surface area contributed by atoms with Crippen LogP contribution in [0.1, 0.15) is 36.9 Å².